The van der Waals surface area contributed by atoms with Crippen molar-refractivity contribution in [3.8, 4) is 0 Å². The van der Waals surface area contributed by atoms with Crippen LogP contribution in [0.25, 0.3) is 0 Å². The lowest BCUT2D eigenvalue weighted by atomic mass is 10.1. The first-order chi connectivity index (χ1) is 8.29. The van der Waals surface area contributed by atoms with Crippen LogP contribution in [0.2, 0.25) is 0 Å². The fourth-order valence-electron chi connectivity index (χ4n) is 1.61. The van der Waals surface area contributed by atoms with Gasteiger partial charge in [-0.25, -0.2) is 0 Å². The number of halogens is 1. The molecule has 0 fully saturated rings. The molecular formula is C13H14BrN3. The van der Waals surface area contributed by atoms with Gasteiger partial charge in [-0.1, -0.05) is 22.0 Å². The van der Waals surface area contributed by atoms with Gasteiger partial charge < -0.3 is 11.1 Å². The number of hydrogen-bond acceptors (Lipinski definition) is 3. The number of nitrogens with one attached hydrogen (secondary N) is 1. The van der Waals surface area contributed by atoms with Crippen LogP contribution >= 0.6 is 15.9 Å². The molecule has 0 saturated carbocycles. The van der Waals surface area contributed by atoms with E-state index in [0.717, 1.165) is 27.8 Å². The molecule has 0 aliphatic carbocycles. The standard InChI is InChI=1S/C13H14BrN3/c14-12-2-1-3-13(6-12)17-9-11-8-16-5-4-10(11)7-15/h1-6,8,17H,7,9,15H2. The van der Waals surface area contributed by atoms with E-state index in [4.69, 9.17) is 5.73 Å². The average molecular weight is 292 g/mol. The lowest BCUT2D eigenvalue weighted by Gasteiger charge is -2.09. The number of rotatable bonds is 4. The van der Waals surface area contributed by atoms with Gasteiger partial charge >= 0.3 is 0 Å². The maximum atomic E-state index is 5.68. The molecule has 0 atom stereocenters. The molecule has 0 spiro atoms. The Hall–Kier alpha value is -1.39. The highest BCUT2D eigenvalue weighted by Crippen LogP contribution is 2.17. The van der Waals surface area contributed by atoms with Crippen LogP contribution < -0.4 is 11.1 Å². The predicted molar refractivity (Wildman–Crippen MR) is 73.6 cm³/mol. The maximum absolute atomic E-state index is 5.68. The molecule has 3 N–H and O–H groups in total. The summed E-state index contributed by atoms with van der Waals surface area (Å²) in [6, 6.07) is 10.0. The van der Waals surface area contributed by atoms with Crippen molar-refractivity contribution in [1.82, 2.24) is 4.98 Å². The molecule has 3 nitrogen and oxygen atoms in total. The first-order valence-electron chi connectivity index (χ1n) is 5.41. The Morgan fingerprint density at radius 2 is 2.12 bits per heavy atom. The van der Waals surface area contributed by atoms with Crippen LogP contribution in [0.3, 0.4) is 0 Å². The van der Waals surface area contributed by atoms with E-state index in [1.54, 1.807) is 6.20 Å². The number of hydrogen-bond donors (Lipinski definition) is 2. The van der Waals surface area contributed by atoms with Crippen LogP contribution in [0.1, 0.15) is 11.1 Å². The van der Waals surface area contributed by atoms with Crippen LogP contribution in [-0.2, 0) is 13.1 Å². The van der Waals surface area contributed by atoms with Crippen molar-refractivity contribution in [2.24, 2.45) is 5.73 Å². The summed E-state index contributed by atoms with van der Waals surface area (Å²) in [7, 11) is 0. The molecule has 2 rings (SSSR count). The van der Waals surface area contributed by atoms with Crippen molar-refractivity contribution in [2.45, 2.75) is 13.1 Å². The maximum Gasteiger partial charge on any atom is 0.0419 e. The molecule has 1 heterocycles. The number of benzene rings is 1. The lowest BCUT2D eigenvalue weighted by Crippen LogP contribution is -2.06. The van der Waals surface area contributed by atoms with E-state index >= 15 is 0 Å². The fraction of sp³-hybridized carbons (Fsp3) is 0.154. The summed E-state index contributed by atoms with van der Waals surface area (Å²) in [5.74, 6) is 0. The molecule has 0 bridgehead atoms. The van der Waals surface area contributed by atoms with Gasteiger partial charge in [0.1, 0.15) is 0 Å². The zero-order valence-electron chi connectivity index (χ0n) is 9.36. The van der Waals surface area contributed by atoms with Crippen LogP contribution in [-0.4, -0.2) is 4.98 Å². The monoisotopic (exact) mass is 291 g/mol. The fourth-order valence-corrected chi connectivity index (χ4v) is 2.01. The second-order valence-electron chi connectivity index (χ2n) is 3.71. The van der Waals surface area contributed by atoms with Crippen molar-refractivity contribution in [1.29, 1.82) is 0 Å². The molecule has 2 aromatic rings. The average Bonchev–Trinajstić information content (AvgIpc) is 2.37. The molecule has 4 heteroatoms. The summed E-state index contributed by atoms with van der Waals surface area (Å²) < 4.78 is 1.06. The highest BCUT2D eigenvalue weighted by molar-refractivity contribution is 9.10. The minimum Gasteiger partial charge on any atom is -0.381 e. The molecule has 0 saturated heterocycles. The molecular weight excluding hydrogens is 278 g/mol. The van der Waals surface area contributed by atoms with Crippen molar-refractivity contribution >= 4 is 21.6 Å². The molecule has 17 heavy (non-hydrogen) atoms. The van der Waals surface area contributed by atoms with Crippen LogP contribution in [0, 0.1) is 0 Å². The number of aromatic nitrogens is 1. The number of anilines is 1. The smallest absolute Gasteiger partial charge is 0.0419 e. The third-order valence-corrected chi connectivity index (χ3v) is 3.03. The molecule has 0 amide bonds. The highest BCUT2D eigenvalue weighted by Gasteiger charge is 2.00. The van der Waals surface area contributed by atoms with Crippen molar-refractivity contribution in [3.63, 3.8) is 0 Å². The largest absolute Gasteiger partial charge is 0.381 e. The topological polar surface area (TPSA) is 50.9 Å². The third kappa shape index (κ3) is 3.28. The zero-order chi connectivity index (χ0) is 12.1. The number of pyridine rings is 1. The van der Waals surface area contributed by atoms with Gasteiger partial charge in [-0.2, -0.15) is 0 Å². The van der Waals surface area contributed by atoms with Gasteiger partial charge in [-0.05, 0) is 35.4 Å². The summed E-state index contributed by atoms with van der Waals surface area (Å²) in [6.45, 7) is 1.27. The van der Waals surface area contributed by atoms with Gasteiger partial charge in [-0.15, -0.1) is 0 Å². The van der Waals surface area contributed by atoms with E-state index in [2.05, 4.69) is 26.2 Å². The molecule has 0 radical (unpaired) electrons. The summed E-state index contributed by atoms with van der Waals surface area (Å²) in [5.41, 5.74) is 9.02. The van der Waals surface area contributed by atoms with E-state index in [0.29, 0.717) is 6.54 Å². The van der Waals surface area contributed by atoms with E-state index < -0.39 is 0 Å². The number of nitrogens with zero attached hydrogens (tertiary/aromatic N) is 1. The van der Waals surface area contributed by atoms with Crippen LogP contribution in [0.5, 0.6) is 0 Å². The first-order valence-corrected chi connectivity index (χ1v) is 6.20. The second-order valence-corrected chi connectivity index (χ2v) is 4.63. The Balaban J connectivity index is 2.07. The summed E-state index contributed by atoms with van der Waals surface area (Å²) in [5, 5.41) is 3.35. The van der Waals surface area contributed by atoms with Gasteiger partial charge in [0.15, 0.2) is 0 Å². The van der Waals surface area contributed by atoms with Crippen molar-refractivity contribution in [3.05, 3.63) is 58.3 Å². The normalized spacial score (nSPS) is 10.2. The molecule has 88 valence electrons. The van der Waals surface area contributed by atoms with E-state index in [-0.39, 0.29) is 0 Å². The SMILES string of the molecule is NCc1ccncc1CNc1cccc(Br)c1. The Morgan fingerprint density at radius 3 is 2.88 bits per heavy atom. The second kappa shape index (κ2) is 5.80. The molecule has 0 aliphatic rings. The molecule has 0 aliphatic heterocycles. The molecule has 1 aromatic heterocycles. The van der Waals surface area contributed by atoms with E-state index in [1.807, 2.05) is 36.5 Å². The first kappa shape index (κ1) is 12.1. The van der Waals surface area contributed by atoms with Gasteiger partial charge in [-0.3, -0.25) is 4.98 Å². The van der Waals surface area contributed by atoms with E-state index in [9.17, 15) is 0 Å². The van der Waals surface area contributed by atoms with Gasteiger partial charge in [0, 0.05) is 35.6 Å². The Kier molecular flexibility index (Phi) is 4.12. The summed E-state index contributed by atoms with van der Waals surface area (Å²) >= 11 is 3.44. The summed E-state index contributed by atoms with van der Waals surface area (Å²) in [6.07, 6.45) is 3.62. The van der Waals surface area contributed by atoms with Crippen LogP contribution in [0.15, 0.2) is 47.2 Å². The Morgan fingerprint density at radius 1 is 1.24 bits per heavy atom. The van der Waals surface area contributed by atoms with Crippen LogP contribution in [0.4, 0.5) is 5.69 Å². The third-order valence-electron chi connectivity index (χ3n) is 2.53. The van der Waals surface area contributed by atoms with Crippen molar-refractivity contribution < 1.29 is 0 Å². The van der Waals surface area contributed by atoms with Gasteiger partial charge in [0.05, 0.1) is 0 Å². The molecule has 1 aromatic carbocycles. The van der Waals surface area contributed by atoms with E-state index in [1.165, 1.54) is 0 Å². The predicted octanol–water partition coefficient (Wildman–Crippen LogP) is 2.91. The Labute approximate surface area is 109 Å². The van der Waals surface area contributed by atoms with Gasteiger partial charge in [0.2, 0.25) is 0 Å². The Bertz CT molecular complexity index is 500. The zero-order valence-corrected chi connectivity index (χ0v) is 10.9. The number of nitrogens with two attached hydrogens (primary N) is 1. The van der Waals surface area contributed by atoms with Gasteiger partial charge in [0.25, 0.3) is 0 Å². The lowest BCUT2D eigenvalue weighted by molar-refractivity contribution is 0.989. The minimum absolute atomic E-state index is 0.540. The molecule has 0 unspecified atom stereocenters. The quantitative estimate of drug-likeness (QED) is 0.911. The highest BCUT2D eigenvalue weighted by atomic mass is 79.9. The minimum atomic E-state index is 0.540. The summed E-state index contributed by atoms with van der Waals surface area (Å²) in [4.78, 5) is 4.12. The van der Waals surface area contributed by atoms with Crippen molar-refractivity contribution in [2.75, 3.05) is 5.32 Å².